The second-order valence-corrected chi connectivity index (χ2v) is 5.50. The Morgan fingerprint density at radius 2 is 2.30 bits per heavy atom. The molecular weight excluding hydrogens is 278 g/mol. The van der Waals surface area contributed by atoms with Gasteiger partial charge >= 0.3 is 6.03 Å². The molecule has 1 saturated heterocycles. The highest BCUT2D eigenvalue weighted by molar-refractivity contribution is 6.34. The standard InChI is InChI=1S/C14H20ClN3O2/c1-18(2)13-11(15)4-3-5-12(13)17-14(19)16-8-10-6-7-20-9-10/h3-5,10H,6-9H2,1-2H3,(H2,16,17,19)/t10-/m1/s1. The molecule has 1 aliphatic rings. The fraction of sp³-hybridized carbons (Fsp3) is 0.500. The van der Waals surface area contributed by atoms with Crippen LogP contribution in [0.3, 0.4) is 0 Å². The molecule has 5 nitrogen and oxygen atoms in total. The van der Waals surface area contributed by atoms with E-state index in [-0.39, 0.29) is 6.03 Å². The van der Waals surface area contributed by atoms with Crippen molar-refractivity contribution in [2.75, 3.05) is 44.1 Å². The number of urea groups is 1. The minimum atomic E-state index is -0.220. The summed E-state index contributed by atoms with van der Waals surface area (Å²) in [5.74, 6) is 0.411. The topological polar surface area (TPSA) is 53.6 Å². The van der Waals surface area contributed by atoms with Gasteiger partial charge in [0.05, 0.1) is 23.0 Å². The first-order chi connectivity index (χ1) is 9.58. The van der Waals surface area contributed by atoms with E-state index in [0.29, 0.717) is 23.2 Å². The van der Waals surface area contributed by atoms with Gasteiger partial charge in [-0.1, -0.05) is 17.7 Å². The van der Waals surface area contributed by atoms with Crippen LogP contribution in [0.15, 0.2) is 18.2 Å². The smallest absolute Gasteiger partial charge is 0.319 e. The fourth-order valence-corrected chi connectivity index (χ4v) is 2.56. The number of benzene rings is 1. The SMILES string of the molecule is CN(C)c1c(Cl)cccc1NC(=O)NC[C@H]1CCOC1. The molecule has 0 aliphatic carbocycles. The lowest BCUT2D eigenvalue weighted by Crippen LogP contribution is -2.33. The van der Waals surface area contributed by atoms with E-state index in [1.807, 2.05) is 31.1 Å². The summed E-state index contributed by atoms with van der Waals surface area (Å²) in [5, 5.41) is 6.32. The average Bonchev–Trinajstić information content (AvgIpc) is 2.89. The highest BCUT2D eigenvalue weighted by Crippen LogP contribution is 2.32. The third-order valence-corrected chi connectivity index (χ3v) is 3.56. The molecule has 1 heterocycles. The van der Waals surface area contributed by atoms with Crippen LogP contribution in [0.5, 0.6) is 0 Å². The van der Waals surface area contributed by atoms with Gasteiger partial charge in [-0.05, 0) is 18.6 Å². The minimum Gasteiger partial charge on any atom is -0.381 e. The van der Waals surface area contributed by atoms with Crippen LogP contribution in [0.1, 0.15) is 6.42 Å². The summed E-state index contributed by atoms with van der Waals surface area (Å²) in [6.07, 6.45) is 1.00. The van der Waals surface area contributed by atoms with E-state index in [1.54, 1.807) is 6.07 Å². The van der Waals surface area contributed by atoms with Gasteiger partial charge in [0.25, 0.3) is 0 Å². The Balaban J connectivity index is 1.95. The van der Waals surface area contributed by atoms with Gasteiger partial charge in [-0.3, -0.25) is 0 Å². The number of halogens is 1. The maximum atomic E-state index is 11.9. The Kier molecular flexibility index (Phi) is 5.09. The van der Waals surface area contributed by atoms with Crippen LogP contribution in [0.4, 0.5) is 16.2 Å². The van der Waals surface area contributed by atoms with Crippen molar-refractivity contribution in [3.05, 3.63) is 23.2 Å². The van der Waals surface area contributed by atoms with Crippen LogP contribution in [0.2, 0.25) is 5.02 Å². The van der Waals surface area contributed by atoms with E-state index in [1.165, 1.54) is 0 Å². The quantitative estimate of drug-likeness (QED) is 0.898. The molecular formula is C14H20ClN3O2. The van der Waals surface area contributed by atoms with Crippen molar-refractivity contribution in [3.63, 3.8) is 0 Å². The Labute approximate surface area is 124 Å². The summed E-state index contributed by atoms with van der Waals surface area (Å²) in [4.78, 5) is 13.8. The molecule has 1 aliphatic heterocycles. The molecule has 0 spiro atoms. The summed E-state index contributed by atoms with van der Waals surface area (Å²) in [7, 11) is 3.78. The zero-order valence-electron chi connectivity index (χ0n) is 11.8. The average molecular weight is 298 g/mol. The van der Waals surface area contributed by atoms with Gasteiger partial charge in [0.15, 0.2) is 0 Å². The molecule has 6 heteroatoms. The van der Waals surface area contributed by atoms with Crippen LogP contribution in [-0.4, -0.2) is 39.9 Å². The predicted octanol–water partition coefficient (Wildman–Crippen LogP) is 2.56. The van der Waals surface area contributed by atoms with Gasteiger partial charge in [0.1, 0.15) is 0 Å². The number of amides is 2. The molecule has 1 aromatic rings. The summed E-state index contributed by atoms with van der Waals surface area (Å²) >= 11 is 6.16. The summed E-state index contributed by atoms with van der Waals surface area (Å²) in [6, 6.07) is 5.23. The maximum absolute atomic E-state index is 11.9. The van der Waals surface area contributed by atoms with E-state index >= 15 is 0 Å². The van der Waals surface area contributed by atoms with Crippen molar-refractivity contribution in [3.8, 4) is 0 Å². The first-order valence-electron chi connectivity index (χ1n) is 6.66. The summed E-state index contributed by atoms with van der Waals surface area (Å²) in [6.45, 7) is 2.14. The Bertz CT molecular complexity index is 473. The molecule has 110 valence electrons. The maximum Gasteiger partial charge on any atom is 0.319 e. The van der Waals surface area contributed by atoms with Crippen molar-refractivity contribution in [2.45, 2.75) is 6.42 Å². The van der Waals surface area contributed by atoms with E-state index in [4.69, 9.17) is 16.3 Å². The molecule has 20 heavy (non-hydrogen) atoms. The van der Waals surface area contributed by atoms with Crippen LogP contribution >= 0.6 is 11.6 Å². The number of anilines is 2. The highest BCUT2D eigenvalue weighted by Gasteiger charge is 2.17. The van der Waals surface area contributed by atoms with Gasteiger partial charge in [-0.25, -0.2) is 4.79 Å². The van der Waals surface area contributed by atoms with Gasteiger partial charge in [0.2, 0.25) is 0 Å². The molecule has 1 atom stereocenters. The van der Waals surface area contributed by atoms with Crippen LogP contribution in [-0.2, 0) is 4.74 Å². The largest absolute Gasteiger partial charge is 0.381 e. The molecule has 1 aromatic carbocycles. The van der Waals surface area contributed by atoms with Crippen molar-refractivity contribution in [1.82, 2.24) is 5.32 Å². The first kappa shape index (κ1) is 14.9. The number of rotatable bonds is 4. The fourth-order valence-electron chi connectivity index (χ4n) is 2.22. The third-order valence-electron chi connectivity index (χ3n) is 3.26. The molecule has 0 aromatic heterocycles. The normalized spacial score (nSPS) is 17.9. The molecule has 1 fully saturated rings. The van der Waals surface area contributed by atoms with Gasteiger partial charge < -0.3 is 20.3 Å². The van der Waals surface area contributed by atoms with Gasteiger partial charge in [-0.15, -0.1) is 0 Å². The van der Waals surface area contributed by atoms with Crippen LogP contribution in [0.25, 0.3) is 0 Å². The second-order valence-electron chi connectivity index (χ2n) is 5.10. The molecule has 2 N–H and O–H groups in total. The predicted molar refractivity (Wildman–Crippen MR) is 81.7 cm³/mol. The molecule has 2 rings (SSSR count). The van der Waals surface area contributed by atoms with E-state index in [2.05, 4.69) is 10.6 Å². The Morgan fingerprint density at radius 3 is 2.95 bits per heavy atom. The lowest BCUT2D eigenvalue weighted by atomic mass is 10.1. The molecule has 0 unspecified atom stereocenters. The summed E-state index contributed by atoms with van der Waals surface area (Å²) in [5.41, 5.74) is 1.50. The highest BCUT2D eigenvalue weighted by atomic mass is 35.5. The van der Waals surface area contributed by atoms with Gasteiger partial charge in [-0.2, -0.15) is 0 Å². The number of nitrogens with zero attached hydrogens (tertiary/aromatic N) is 1. The first-order valence-corrected chi connectivity index (χ1v) is 7.04. The van der Waals surface area contributed by atoms with E-state index in [9.17, 15) is 4.79 Å². The number of hydrogen-bond donors (Lipinski definition) is 2. The minimum absolute atomic E-state index is 0.220. The number of carbonyl (C=O) groups is 1. The van der Waals surface area contributed by atoms with Crippen molar-refractivity contribution >= 4 is 29.0 Å². The zero-order valence-corrected chi connectivity index (χ0v) is 12.5. The Hall–Kier alpha value is -1.46. The number of hydrogen-bond acceptors (Lipinski definition) is 3. The molecule has 0 radical (unpaired) electrons. The number of para-hydroxylation sites is 1. The van der Waals surface area contributed by atoms with Crippen LogP contribution in [0, 0.1) is 5.92 Å². The number of nitrogens with one attached hydrogen (secondary N) is 2. The van der Waals surface area contributed by atoms with Crippen molar-refractivity contribution in [2.24, 2.45) is 5.92 Å². The molecule has 0 saturated carbocycles. The van der Waals surface area contributed by atoms with E-state index in [0.717, 1.165) is 25.3 Å². The Morgan fingerprint density at radius 1 is 1.50 bits per heavy atom. The molecule has 2 amide bonds. The second kappa shape index (κ2) is 6.81. The van der Waals surface area contributed by atoms with Crippen molar-refractivity contribution < 1.29 is 9.53 Å². The monoisotopic (exact) mass is 297 g/mol. The third kappa shape index (κ3) is 3.77. The lowest BCUT2D eigenvalue weighted by molar-refractivity contribution is 0.185. The number of carbonyl (C=O) groups excluding carboxylic acids is 1. The molecule has 0 bridgehead atoms. The summed E-state index contributed by atoms with van der Waals surface area (Å²) < 4.78 is 5.28. The lowest BCUT2D eigenvalue weighted by Gasteiger charge is -2.20. The zero-order chi connectivity index (χ0) is 14.5. The van der Waals surface area contributed by atoms with Crippen LogP contribution < -0.4 is 15.5 Å². The van der Waals surface area contributed by atoms with Crippen molar-refractivity contribution in [1.29, 1.82) is 0 Å². The number of ether oxygens (including phenoxy) is 1. The van der Waals surface area contributed by atoms with Gasteiger partial charge in [0, 0.05) is 33.2 Å². The van der Waals surface area contributed by atoms with E-state index < -0.39 is 0 Å².